The topological polar surface area (TPSA) is 74.2 Å². The molecule has 0 aliphatic carbocycles. The molecule has 5 nitrogen and oxygen atoms in total. The molecule has 0 amide bonds. The highest BCUT2D eigenvalue weighted by atomic mass is 32.2. The molecule has 2 N–H and O–H groups in total. The Bertz CT molecular complexity index is 350. The van der Waals surface area contributed by atoms with Crippen LogP contribution in [0.1, 0.15) is 44.1 Å². The molecular formula is C11H19N3O2S. The van der Waals surface area contributed by atoms with Crippen LogP contribution in [0, 0.1) is 5.92 Å². The second-order valence-electron chi connectivity index (χ2n) is 4.66. The molecule has 1 unspecified atom stereocenters. The van der Waals surface area contributed by atoms with E-state index in [0.29, 0.717) is 17.6 Å². The number of rotatable bonds is 4. The van der Waals surface area contributed by atoms with Gasteiger partial charge in [-0.2, -0.15) is 16.7 Å². The average Bonchev–Trinajstić information content (AvgIpc) is 2.78. The maximum Gasteiger partial charge on any atom is 0.243 e. The van der Waals surface area contributed by atoms with Crippen LogP contribution < -0.4 is 5.73 Å². The molecule has 1 aliphatic rings. The number of aromatic nitrogens is 2. The molecule has 17 heavy (non-hydrogen) atoms. The Morgan fingerprint density at radius 2 is 2.35 bits per heavy atom. The van der Waals surface area contributed by atoms with Gasteiger partial charge in [-0.25, -0.2) is 0 Å². The van der Waals surface area contributed by atoms with Crippen molar-refractivity contribution in [2.45, 2.75) is 32.4 Å². The fourth-order valence-corrected chi connectivity index (χ4v) is 2.61. The summed E-state index contributed by atoms with van der Waals surface area (Å²) in [6.45, 7) is 4.99. The molecule has 0 radical (unpaired) electrons. The van der Waals surface area contributed by atoms with Crippen LogP contribution in [0.5, 0.6) is 0 Å². The van der Waals surface area contributed by atoms with Crippen LogP contribution in [0.4, 0.5) is 0 Å². The van der Waals surface area contributed by atoms with E-state index in [2.05, 4.69) is 24.0 Å². The zero-order valence-electron chi connectivity index (χ0n) is 10.3. The Labute approximate surface area is 105 Å². The number of hydrogen-bond acceptors (Lipinski definition) is 6. The Balaban J connectivity index is 1.99. The minimum absolute atomic E-state index is 0.0440. The van der Waals surface area contributed by atoms with Crippen LogP contribution in [-0.2, 0) is 4.74 Å². The maximum atomic E-state index is 6.00. The third-order valence-electron chi connectivity index (χ3n) is 2.60. The van der Waals surface area contributed by atoms with Gasteiger partial charge < -0.3 is 15.0 Å². The van der Waals surface area contributed by atoms with Crippen LogP contribution in [0.3, 0.4) is 0 Å². The molecule has 6 heteroatoms. The highest BCUT2D eigenvalue weighted by Gasteiger charge is 2.24. The van der Waals surface area contributed by atoms with Crippen molar-refractivity contribution in [3.8, 4) is 0 Å². The summed E-state index contributed by atoms with van der Waals surface area (Å²) in [4.78, 5) is 4.35. The number of ether oxygens (including phenoxy) is 1. The molecule has 1 fully saturated rings. The minimum atomic E-state index is -0.174. The van der Waals surface area contributed by atoms with E-state index in [1.807, 2.05) is 11.8 Å². The van der Waals surface area contributed by atoms with Gasteiger partial charge in [0.25, 0.3) is 0 Å². The highest BCUT2D eigenvalue weighted by Crippen LogP contribution is 2.26. The summed E-state index contributed by atoms with van der Waals surface area (Å²) in [6.07, 6.45) is 0.805. The molecule has 96 valence electrons. The van der Waals surface area contributed by atoms with Crippen LogP contribution in [0.15, 0.2) is 4.52 Å². The fourth-order valence-electron chi connectivity index (χ4n) is 1.77. The third kappa shape index (κ3) is 3.43. The Hall–Kier alpha value is -0.590. The number of nitrogens with two attached hydrogens (primary N) is 1. The van der Waals surface area contributed by atoms with Crippen molar-refractivity contribution in [1.82, 2.24) is 10.1 Å². The predicted molar refractivity (Wildman–Crippen MR) is 66.7 cm³/mol. The lowest BCUT2D eigenvalue weighted by Crippen LogP contribution is -2.17. The van der Waals surface area contributed by atoms with Gasteiger partial charge in [0.1, 0.15) is 6.10 Å². The van der Waals surface area contributed by atoms with Crippen molar-refractivity contribution in [1.29, 1.82) is 0 Å². The molecule has 1 aromatic rings. The van der Waals surface area contributed by atoms with Crippen molar-refractivity contribution in [2.24, 2.45) is 11.7 Å². The van der Waals surface area contributed by atoms with E-state index in [1.165, 1.54) is 0 Å². The number of thioether (sulfide) groups is 1. The second-order valence-corrected chi connectivity index (χ2v) is 5.81. The monoisotopic (exact) mass is 257 g/mol. The van der Waals surface area contributed by atoms with Gasteiger partial charge in [0.2, 0.25) is 11.7 Å². The third-order valence-corrected chi connectivity index (χ3v) is 3.60. The lowest BCUT2D eigenvalue weighted by atomic mass is 10.0. The zero-order valence-corrected chi connectivity index (χ0v) is 11.1. The first kappa shape index (κ1) is 12.9. The zero-order chi connectivity index (χ0) is 12.3. The first-order valence-electron chi connectivity index (χ1n) is 5.95. The van der Waals surface area contributed by atoms with Crippen molar-refractivity contribution in [3.05, 3.63) is 11.7 Å². The largest absolute Gasteiger partial charge is 0.368 e. The Kier molecular flexibility index (Phi) is 4.42. The fraction of sp³-hybridized carbons (Fsp3) is 0.818. The Morgan fingerprint density at radius 3 is 3.00 bits per heavy atom. The first-order chi connectivity index (χ1) is 8.16. The minimum Gasteiger partial charge on any atom is -0.368 e. The molecule has 1 aliphatic heterocycles. The summed E-state index contributed by atoms with van der Waals surface area (Å²) in [5.74, 6) is 3.59. The summed E-state index contributed by atoms with van der Waals surface area (Å²) in [5.41, 5.74) is 6.00. The predicted octanol–water partition coefficient (Wildman–Crippen LogP) is 1.92. The van der Waals surface area contributed by atoms with Crippen LogP contribution in [-0.4, -0.2) is 28.3 Å². The van der Waals surface area contributed by atoms with Gasteiger partial charge in [0, 0.05) is 11.5 Å². The SMILES string of the molecule is CC(C)C[C@@H](N)c1nc(C2CSCCO2)no1. The van der Waals surface area contributed by atoms with E-state index in [4.69, 9.17) is 15.0 Å². The summed E-state index contributed by atoms with van der Waals surface area (Å²) >= 11 is 1.85. The molecule has 0 aromatic carbocycles. The van der Waals surface area contributed by atoms with E-state index in [0.717, 1.165) is 24.5 Å². The number of hydrogen-bond donors (Lipinski definition) is 1. The van der Waals surface area contributed by atoms with Crippen LogP contribution in [0.25, 0.3) is 0 Å². The second kappa shape index (κ2) is 5.84. The van der Waals surface area contributed by atoms with E-state index >= 15 is 0 Å². The highest BCUT2D eigenvalue weighted by molar-refractivity contribution is 7.99. The molecule has 2 heterocycles. The normalized spacial score (nSPS) is 22.9. The molecule has 0 saturated carbocycles. The van der Waals surface area contributed by atoms with Gasteiger partial charge >= 0.3 is 0 Å². The van der Waals surface area contributed by atoms with E-state index in [-0.39, 0.29) is 12.1 Å². The van der Waals surface area contributed by atoms with Gasteiger partial charge in [-0.15, -0.1) is 0 Å². The quantitative estimate of drug-likeness (QED) is 0.888. The van der Waals surface area contributed by atoms with Gasteiger partial charge in [-0.1, -0.05) is 19.0 Å². The molecule has 2 atom stereocenters. The molecule has 0 bridgehead atoms. The van der Waals surface area contributed by atoms with Crippen LogP contribution >= 0.6 is 11.8 Å². The lowest BCUT2D eigenvalue weighted by molar-refractivity contribution is 0.0677. The first-order valence-corrected chi connectivity index (χ1v) is 7.10. The van der Waals surface area contributed by atoms with E-state index in [9.17, 15) is 0 Å². The standard InChI is InChI=1S/C11H19N3O2S/c1-7(2)5-8(12)11-13-10(14-16-11)9-6-17-4-3-15-9/h7-9H,3-6,12H2,1-2H3/t8-,9?/m1/s1. The van der Waals surface area contributed by atoms with Crippen LogP contribution in [0.2, 0.25) is 0 Å². The van der Waals surface area contributed by atoms with Gasteiger partial charge in [0.15, 0.2) is 0 Å². The summed E-state index contributed by atoms with van der Waals surface area (Å²) < 4.78 is 10.8. The van der Waals surface area contributed by atoms with Gasteiger partial charge in [-0.3, -0.25) is 0 Å². The van der Waals surface area contributed by atoms with Crippen molar-refractivity contribution in [3.63, 3.8) is 0 Å². The number of nitrogens with zero attached hydrogens (tertiary/aromatic N) is 2. The van der Waals surface area contributed by atoms with Crippen molar-refractivity contribution in [2.75, 3.05) is 18.1 Å². The van der Waals surface area contributed by atoms with E-state index in [1.54, 1.807) is 0 Å². The maximum absolute atomic E-state index is 6.00. The summed E-state index contributed by atoms with van der Waals surface area (Å²) in [7, 11) is 0. The average molecular weight is 257 g/mol. The van der Waals surface area contributed by atoms with Gasteiger partial charge in [0.05, 0.1) is 12.6 Å². The van der Waals surface area contributed by atoms with Crippen molar-refractivity contribution < 1.29 is 9.26 Å². The van der Waals surface area contributed by atoms with Gasteiger partial charge in [-0.05, 0) is 12.3 Å². The van der Waals surface area contributed by atoms with Crippen molar-refractivity contribution >= 4 is 11.8 Å². The summed E-state index contributed by atoms with van der Waals surface area (Å²) in [6, 6.07) is -0.174. The smallest absolute Gasteiger partial charge is 0.243 e. The molecule has 0 spiro atoms. The summed E-state index contributed by atoms with van der Waals surface area (Å²) in [5, 5.41) is 3.96. The lowest BCUT2D eigenvalue weighted by Gasteiger charge is -2.18. The molecule has 1 aromatic heterocycles. The van der Waals surface area contributed by atoms with E-state index < -0.39 is 0 Å². The molecular weight excluding hydrogens is 238 g/mol. The Morgan fingerprint density at radius 1 is 1.53 bits per heavy atom. The molecule has 2 rings (SSSR count). The molecule has 1 saturated heterocycles.